The second-order valence-electron chi connectivity index (χ2n) is 13.0. The van der Waals surface area contributed by atoms with E-state index in [1.807, 2.05) is 42.6 Å². The third-order valence-corrected chi connectivity index (χ3v) is 9.25. The van der Waals surface area contributed by atoms with Crippen molar-refractivity contribution in [3.05, 3.63) is 83.6 Å². The number of amides is 1. The quantitative estimate of drug-likeness (QED) is 0.196. The maximum Gasteiger partial charge on any atom is 0.573 e. The fraction of sp³-hybridized carbons (Fsp3) is 0.472. The van der Waals surface area contributed by atoms with Gasteiger partial charge in [0.1, 0.15) is 12.4 Å². The molecule has 5 rings (SSSR count). The molecule has 2 N–H and O–H groups in total. The number of nitrogens with zero attached hydrogens (tertiary/aromatic N) is 3. The van der Waals surface area contributed by atoms with Gasteiger partial charge in [-0.15, -0.1) is 18.3 Å². The van der Waals surface area contributed by atoms with Gasteiger partial charge >= 0.3 is 12.3 Å². The number of halogens is 3. The summed E-state index contributed by atoms with van der Waals surface area (Å²) in [5.41, 5.74) is 2.75. The summed E-state index contributed by atoms with van der Waals surface area (Å²) in [6.07, 6.45) is 6.28. The number of carboxylic acids is 1. The van der Waals surface area contributed by atoms with Crippen molar-refractivity contribution < 1.29 is 37.3 Å². The van der Waals surface area contributed by atoms with Gasteiger partial charge in [0.05, 0.1) is 17.7 Å². The van der Waals surface area contributed by atoms with Crippen LogP contribution < -0.4 is 14.8 Å². The Morgan fingerprint density at radius 2 is 1.81 bits per heavy atom. The molecule has 1 aromatic heterocycles. The minimum atomic E-state index is -4.79. The molecule has 0 aliphatic heterocycles. The van der Waals surface area contributed by atoms with Crippen molar-refractivity contribution in [2.75, 3.05) is 13.6 Å². The van der Waals surface area contributed by atoms with Crippen molar-refractivity contribution in [1.29, 1.82) is 0 Å². The van der Waals surface area contributed by atoms with E-state index in [2.05, 4.69) is 17.0 Å². The average Bonchev–Trinajstić information content (AvgIpc) is 3.49. The van der Waals surface area contributed by atoms with Crippen molar-refractivity contribution in [3.8, 4) is 17.3 Å². The number of carboxylic acid groups (broad SMARTS) is 1. The van der Waals surface area contributed by atoms with Crippen molar-refractivity contribution >= 4 is 11.9 Å². The van der Waals surface area contributed by atoms with Gasteiger partial charge in [-0.1, -0.05) is 55.7 Å². The second-order valence-corrected chi connectivity index (χ2v) is 13.0. The second kappa shape index (κ2) is 15.3. The highest BCUT2D eigenvalue weighted by Crippen LogP contribution is 2.41. The minimum Gasteiger partial charge on any atom is -0.481 e. The lowest BCUT2D eigenvalue weighted by Gasteiger charge is -2.41. The van der Waals surface area contributed by atoms with Crippen LogP contribution in [0.1, 0.15) is 81.9 Å². The Bertz CT molecular complexity index is 1570. The number of aliphatic carboxylic acids is 1. The number of carbonyl (C=O) groups excluding carboxylic acids is 1. The lowest BCUT2D eigenvalue weighted by molar-refractivity contribution is -0.274. The molecule has 48 heavy (non-hydrogen) atoms. The molecule has 2 atom stereocenters. The summed E-state index contributed by atoms with van der Waals surface area (Å²) in [5.74, 6) is -0.662. The van der Waals surface area contributed by atoms with E-state index in [0.717, 1.165) is 36.8 Å². The third kappa shape index (κ3) is 9.40. The van der Waals surface area contributed by atoms with E-state index in [4.69, 9.17) is 14.9 Å². The fourth-order valence-corrected chi connectivity index (χ4v) is 6.55. The van der Waals surface area contributed by atoms with Gasteiger partial charge in [0.2, 0.25) is 11.8 Å². The Morgan fingerprint density at radius 3 is 2.44 bits per heavy atom. The Balaban J connectivity index is 1.43. The van der Waals surface area contributed by atoms with Gasteiger partial charge in [0.15, 0.2) is 0 Å². The highest BCUT2D eigenvalue weighted by Gasteiger charge is 2.37. The first kappa shape index (κ1) is 35.0. The largest absolute Gasteiger partial charge is 0.573 e. The highest BCUT2D eigenvalue weighted by atomic mass is 19.4. The molecule has 2 unspecified atom stereocenters. The van der Waals surface area contributed by atoms with Crippen molar-refractivity contribution in [1.82, 2.24) is 20.0 Å². The molecule has 0 saturated heterocycles. The van der Waals surface area contributed by atoms with Crippen molar-refractivity contribution in [2.24, 2.45) is 5.92 Å². The first-order chi connectivity index (χ1) is 22.9. The molecule has 9 nitrogen and oxygen atoms in total. The number of likely N-dealkylation sites (N-methyl/N-ethyl adjacent to an activating group) is 1. The summed E-state index contributed by atoms with van der Waals surface area (Å²) in [4.78, 5) is 25.5. The van der Waals surface area contributed by atoms with Crippen LogP contribution in [0.5, 0.6) is 11.6 Å². The summed E-state index contributed by atoms with van der Waals surface area (Å²) < 4.78 is 50.4. The Morgan fingerprint density at radius 1 is 1.10 bits per heavy atom. The van der Waals surface area contributed by atoms with Gasteiger partial charge < -0.3 is 24.8 Å². The van der Waals surface area contributed by atoms with Crippen molar-refractivity contribution in [2.45, 2.75) is 89.3 Å². The average molecular weight is 669 g/mol. The molecule has 0 spiro atoms. The summed E-state index contributed by atoms with van der Waals surface area (Å²) in [6, 6.07) is 15.2. The zero-order valence-electron chi connectivity index (χ0n) is 27.3. The maximum atomic E-state index is 13.0. The number of nitrogens with one attached hydrogen (secondary N) is 1. The van der Waals surface area contributed by atoms with E-state index in [9.17, 15) is 22.8 Å². The number of hydrogen-bond donors (Lipinski definition) is 2. The monoisotopic (exact) mass is 668 g/mol. The zero-order valence-corrected chi connectivity index (χ0v) is 27.3. The summed E-state index contributed by atoms with van der Waals surface area (Å²) in [7, 11) is 1.63. The standard InChI is InChI=1S/C36H43F3N4O5/c1-35(20-17-27(18-21-35)34(46)42(2)22-19-31(44)45)40-32(26-11-7-4-8-12-26)30-23-43(28-13-15-29(16-14-28)48-36(37,38)39)41-33(30)47-24-25-9-5-3-6-10-25/h3,5-6,9-10,13-17,23,26,32,40H,4,7-8,11-12,18-22,24H2,1-2H3,(H,44,45). The van der Waals surface area contributed by atoms with Crippen LogP contribution in [-0.4, -0.2) is 57.2 Å². The van der Waals surface area contributed by atoms with Gasteiger partial charge in [0.25, 0.3) is 0 Å². The van der Waals surface area contributed by atoms with E-state index in [0.29, 0.717) is 48.9 Å². The number of carbonyl (C=O) groups is 2. The van der Waals surface area contributed by atoms with Crippen LogP contribution in [0.25, 0.3) is 5.69 Å². The Hall–Kier alpha value is -4.32. The molecule has 258 valence electrons. The first-order valence-corrected chi connectivity index (χ1v) is 16.5. The van der Waals surface area contributed by atoms with E-state index >= 15 is 0 Å². The zero-order chi connectivity index (χ0) is 34.3. The molecule has 3 aromatic rings. The first-order valence-electron chi connectivity index (χ1n) is 16.5. The topological polar surface area (TPSA) is 106 Å². The number of aromatic nitrogens is 2. The predicted octanol–water partition coefficient (Wildman–Crippen LogP) is 7.36. The van der Waals surface area contributed by atoms with E-state index in [-0.39, 0.29) is 36.2 Å². The molecule has 2 aliphatic rings. The summed E-state index contributed by atoms with van der Waals surface area (Å²) in [6.45, 7) is 2.60. The SMILES string of the molecule is CN(CCC(=O)O)C(=O)C1=CCC(C)(NC(c2cn(-c3ccc(OC(F)(F)F)cc3)nc2OCc2ccccc2)C2CCCCC2)CC1. The van der Waals surface area contributed by atoms with E-state index in [1.165, 1.54) is 35.6 Å². The van der Waals surface area contributed by atoms with Gasteiger partial charge in [-0.2, -0.15) is 0 Å². The predicted molar refractivity (Wildman–Crippen MR) is 174 cm³/mol. The summed E-state index contributed by atoms with van der Waals surface area (Å²) in [5, 5.41) is 17.8. The van der Waals surface area contributed by atoms with Gasteiger partial charge in [-0.05, 0) is 74.8 Å². The molecule has 2 aliphatic carbocycles. The summed E-state index contributed by atoms with van der Waals surface area (Å²) >= 11 is 0. The third-order valence-electron chi connectivity index (χ3n) is 9.25. The van der Waals surface area contributed by atoms with Gasteiger partial charge in [-0.3, -0.25) is 9.59 Å². The molecule has 0 radical (unpaired) electrons. The fourth-order valence-electron chi connectivity index (χ4n) is 6.55. The molecular weight excluding hydrogens is 625 g/mol. The molecule has 1 heterocycles. The van der Waals surface area contributed by atoms with Crippen LogP contribution in [0.15, 0.2) is 72.4 Å². The molecule has 1 amide bonds. The van der Waals surface area contributed by atoms with Crippen molar-refractivity contribution in [3.63, 3.8) is 0 Å². The molecule has 2 aromatic carbocycles. The van der Waals surface area contributed by atoms with Gasteiger partial charge in [-0.25, -0.2) is 4.68 Å². The Labute approximate surface area is 278 Å². The highest BCUT2D eigenvalue weighted by molar-refractivity contribution is 5.93. The van der Waals surface area contributed by atoms with Crippen LogP contribution in [0.2, 0.25) is 0 Å². The Kier molecular flexibility index (Phi) is 11.1. The molecule has 12 heteroatoms. The van der Waals surface area contributed by atoms with E-state index < -0.39 is 12.3 Å². The van der Waals surface area contributed by atoms with Crippen LogP contribution in [0.4, 0.5) is 13.2 Å². The molecule has 1 fully saturated rings. The number of ether oxygens (including phenoxy) is 2. The number of benzene rings is 2. The normalized spacial score (nSPS) is 19.3. The lowest BCUT2D eigenvalue weighted by atomic mass is 9.78. The van der Waals surface area contributed by atoms with Crippen LogP contribution in [-0.2, 0) is 16.2 Å². The smallest absolute Gasteiger partial charge is 0.481 e. The minimum absolute atomic E-state index is 0.105. The van der Waals surface area contributed by atoms with Gasteiger partial charge in [0, 0.05) is 36.9 Å². The maximum absolute atomic E-state index is 13.0. The number of hydrogen-bond acceptors (Lipinski definition) is 6. The van der Waals surface area contributed by atoms with Crippen LogP contribution in [0.3, 0.4) is 0 Å². The molecule has 0 bridgehead atoms. The molecular formula is C36H43F3N4O5. The van der Waals surface area contributed by atoms with Crippen LogP contribution >= 0.6 is 0 Å². The lowest BCUT2D eigenvalue weighted by Crippen LogP contribution is -2.48. The van der Waals surface area contributed by atoms with E-state index in [1.54, 1.807) is 11.7 Å². The number of alkyl halides is 3. The molecule has 1 saturated carbocycles. The number of rotatable bonds is 13. The van der Waals surface area contributed by atoms with Crippen LogP contribution in [0, 0.1) is 5.92 Å².